The maximum atomic E-state index is 9.16. The van der Waals surface area contributed by atoms with Gasteiger partial charge in [-0.1, -0.05) is 18.2 Å². The van der Waals surface area contributed by atoms with Crippen molar-refractivity contribution >= 4 is 10.9 Å². The number of aromatic nitrogens is 3. The normalized spacial score (nSPS) is 11.3. The Kier molecular flexibility index (Phi) is 3.05. The number of H-pyrrole nitrogens is 1. The molecule has 1 aromatic carbocycles. The Morgan fingerprint density at radius 2 is 2.00 bits per heavy atom. The number of fused-ring (bicyclic) bond motifs is 1. The summed E-state index contributed by atoms with van der Waals surface area (Å²) in [6, 6.07) is 15.7. The molecule has 0 atom stereocenters. The van der Waals surface area contributed by atoms with E-state index in [0.717, 1.165) is 22.3 Å². The van der Waals surface area contributed by atoms with Crippen LogP contribution < -0.4 is 0 Å². The van der Waals surface area contributed by atoms with Gasteiger partial charge in [-0.3, -0.25) is 4.68 Å². The third-order valence-corrected chi connectivity index (χ3v) is 3.69. The fourth-order valence-electron chi connectivity index (χ4n) is 2.65. The summed E-state index contributed by atoms with van der Waals surface area (Å²) in [4.78, 5) is 3.20. The molecule has 4 rings (SSSR count). The molecule has 0 radical (unpaired) electrons. The van der Waals surface area contributed by atoms with Gasteiger partial charge in [0.25, 0.3) is 0 Å². The Morgan fingerprint density at radius 3 is 2.77 bits per heavy atom. The average molecular weight is 293 g/mol. The first-order valence-corrected chi connectivity index (χ1v) is 7.13. The molecular weight excluding hydrogens is 278 g/mol. The van der Waals surface area contributed by atoms with Crippen molar-refractivity contribution in [1.29, 1.82) is 0 Å². The van der Waals surface area contributed by atoms with E-state index in [2.05, 4.69) is 4.98 Å². The SMILES string of the molecule is OCc1ccc(-c2nn(Cc3ccc[nH]3)c3ccccc23)o1. The van der Waals surface area contributed by atoms with Gasteiger partial charge in [-0.15, -0.1) is 0 Å². The van der Waals surface area contributed by atoms with Gasteiger partial charge in [0.1, 0.15) is 18.1 Å². The highest BCUT2D eigenvalue weighted by molar-refractivity contribution is 5.92. The van der Waals surface area contributed by atoms with Crippen molar-refractivity contribution in [2.45, 2.75) is 13.2 Å². The zero-order valence-electron chi connectivity index (χ0n) is 11.9. The summed E-state index contributed by atoms with van der Waals surface area (Å²) in [7, 11) is 0. The third kappa shape index (κ3) is 2.12. The van der Waals surface area contributed by atoms with Crippen LogP contribution in [-0.4, -0.2) is 19.9 Å². The van der Waals surface area contributed by atoms with E-state index in [1.165, 1.54) is 0 Å². The zero-order chi connectivity index (χ0) is 14.9. The highest BCUT2D eigenvalue weighted by Gasteiger charge is 2.15. The van der Waals surface area contributed by atoms with Crippen LogP contribution in [0, 0.1) is 0 Å². The monoisotopic (exact) mass is 293 g/mol. The van der Waals surface area contributed by atoms with Crippen LogP contribution >= 0.6 is 0 Å². The van der Waals surface area contributed by atoms with Gasteiger partial charge in [0, 0.05) is 17.3 Å². The molecule has 22 heavy (non-hydrogen) atoms. The fraction of sp³-hybridized carbons (Fsp3) is 0.118. The second-order valence-electron chi connectivity index (χ2n) is 5.14. The van der Waals surface area contributed by atoms with Crippen molar-refractivity contribution in [2.24, 2.45) is 0 Å². The number of para-hydroxylation sites is 1. The molecule has 0 bridgehead atoms. The van der Waals surface area contributed by atoms with Crippen LogP contribution in [-0.2, 0) is 13.2 Å². The topological polar surface area (TPSA) is 67.0 Å². The molecule has 0 saturated heterocycles. The Hall–Kier alpha value is -2.79. The summed E-state index contributed by atoms with van der Waals surface area (Å²) in [5, 5.41) is 14.9. The number of aromatic amines is 1. The Bertz CT molecular complexity index is 903. The van der Waals surface area contributed by atoms with E-state index in [-0.39, 0.29) is 6.61 Å². The van der Waals surface area contributed by atoms with Crippen molar-refractivity contribution < 1.29 is 9.52 Å². The summed E-state index contributed by atoms with van der Waals surface area (Å²) >= 11 is 0. The lowest BCUT2D eigenvalue weighted by Crippen LogP contribution is -2.01. The molecule has 0 aliphatic carbocycles. The van der Waals surface area contributed by atoms with Crippen LogP contribution in [0.2, 0.25) is 0 Å². The molecule has 0 saturated carbocycles. The summed E-state index contributed by atoms with van der Waals surface area (Å²) in [6.45, 7) is 0.558. The maximum absolute atomic E-state index is 9.16. The van der Waals surface area contributed by atoms with Crippen LogP contribution in [0.15, 0.2) is 59.1 Å². The largest absolute Gasteiger partial charge is 0.457 e. The summed E-state index contributed by atoms with van der Waals surface area (Å²) in [6.07, 6.45) is 1.90. The second kappa shape index (κ2) is 5.20. The lowest BCUT2D eigenvalue weighted by Gasteiger charge is -2.00. The highest BCUT2D eigenvalue weighted by atomic mass is 16.4. The number of benzene rings is 1. The number of hydrogen-bond donors (Lipinski definition) is 2. The van der Waals surface area contributed by atoms with Gasteiger partial charge in [0.2, 0.25) is 0 Å². The predicted octanol–water partition coefficient (Wildman–Crippen LogP) is 3.17. The van der Waals surface area contributed by atoms with E-state index in [4.69, 9.17) is 14.6 Å². The average Bonchev–Trinajstić information content (AvgIpc) is 3.27. The molecule has 3 heterocycles. The summed E-state index contributed by atoms with van der Waals surface area (Å²) in [5.74, 6) is 1.21. The van der Waals surface area contributed by atoms with Crippen LogP contribution in [0.4, 0.5) is 0 Å². The van der Waals surface area contributed by atoms with E-state index < -0.39 is 0 Å². The lowest BCUT2D eigenvalue weighted by atomic mass is 10.2. The van der Waals surface area contributed by atoms with Gasteiger partial charge in [-0.05, 0) is 30.3 Å². The molecule has 0 aliphatic rings. The number of furan rings is 1. The standard InChI is InChI=1S/C17H15N3O2/c21-11-13-7-8-16(22-13)17-14-5-1-2-6-15(14)20(19-17)10-12-4-3-9-18-12/h1-9,18,21H,10-11H2. The van der Waals surface area contributed by atoms with Crippen LogP contribution in [0.5, 0.6) is 0 Å². The summed E-state index contributed by atoms with van der Waals surface area (Å²) < 4.78 is 7.60. The van der Waals surface area contributed by atoms with Crippen molar-refractivity contribution in [3.05, 3.63) is 66.2 Å². The van der Waals surface area contributed by atoms with E-state index in [1.54, 1.807) is 6.07 Å². The van der Waals surface area contributed by atoms with Gasteiger partial charge in [-0.2, -0.15) is 5.10 Å². The molecule has 110 valence electrons. The minimum Gasteiger partial charge on any atom is -0.457 e. The quantitative estimate of drug-likeness (QED) is 0.607. The number of nitrogens with zero attached hydrogens (tertiary/aromatic N) is 2. The molecule has 0 fully saturated rings. The van der Waals surface area contributed by atoms with Crippen molar-refractivity contribution in [3.8, 4) is 11.5 Å². The van der Waals surface area contributed by atoms with Gasteiger partial charge < -0.3 is 14.5 Å². The number of hydrogen-bond acceptors (Lipinski definition) is 3. The molecule has 4 aromatic rings. The van der Waals surface area contributed by atoms with E-state index >= 15 is 0 Å². The molecule has 5 heteroatoms. The number of aliphatic hydroxyl groups is 1. The Morgan fingerprint density at radius 1 is 1.09 bits per heavy atom. The number of nitrogens with one attached hydrogen (secondary N) is 1. The number of aliphatic hydroxyl groups excluding tert-OH is 1. The first kappa shape index (κ1) is 12.9. The molecule has 5 nitrogen and oxygen atoms in total. The minimum absolute atomic E-state index is 0.110. The number of rotatable bonds is 4. The third-order valence-electron chi connectivity index (χ3n) is 3.69. The van der Waals surface area contributed by atoms with E-state index in [1.807, 2.05) is 53.3 Å². The molecule has 0 unspecified atom stereocenters. The molecular formula is C17H15N3O2. The van der Waals surface area contributed by atoms with Crippen molar-refractivity contribution in [1.82, 2.24) is 14.8 Å². The molecule has 2 N–H and O–H groups in total. The fourth-order valence-corrected chi connectivity index (χ4v) is 2.65. The van der Waals surface area contributed by atoms with Gasteiger partial charge in [-0.25, -0.2) is 0 Å². The van der Waals surface area contributed by atoms with Crippen LogP contribution in [0.25, 0.3) is 22.4 Å². The maximum Gasteiger partial charge on any atom is 0.155 e. The second-order valence-corrected chi connectivity index (χ2v) is 5.14. The van der Waals surface area contributed by atoms with Gasteiger partial charge in [0.05, 0.1) is 12.1 Å². The van der Waals surface area contributed by atoms with Gasteiger partial charge in [0.15, 0.2) is 5.76 Å². The van der Waals surface area contributed by atoms with Crippen LogP contribution in [0.3, 0.4) is 0 Å². The smallest absolute Gasteiger partial charge is 0.155 e. The zero-order valence-corrected chi connectivity index (χ0v) is 11.9. The Labute approximate surface area is 126 Å². The van der Waals surface area contributed by atoms with Crippen LogP contribution in [0.1, 0.15) is 11.5 Å². The molecule has 3 aromatic heterocycles. The lowest BCUT2D eigenvalue weighted by molar-refractivity contribution is 0.248. The van der Waals surface area contributed by atoms with E-state index in [9.17, 15) is 0 Å². The van der Waals surface area contributed by atoms with E-state index in [0.29, 0.717) is 18.1 Å². The molecule has 0 spiro atoms. The van der Waals surface area contributed by atoms with Gasteiger partial charge >= 0.3 is 0 Å². The Balaban J connectivity index is 1.85. The first-order chi connectivity index (χ1) is 10.8. The minimum atomic E-state index is -0.110. The predicted molar refractivity (Wildman–Crippen MR) is 83.3 cm³/mol. The van der Waals surface area contributed by atoms with Crippen molar-refractivity contribution in [3.63, 3.8) is 0 Å². The first-order valence-electron chi connectivity index (χ1n) is 7.13. The molecule has 0 amide bonds. The van der Waals surface area contributed by atoms with Crippen molar-refractivity contribution in [2.75, 3.05) is 0 Å². The molecule has 0 aliphatic heterocycles. The summed E-state index contributed by atoms with van der Waals surface area (Å²) in [5.41, 5.74) is 2.94. The highest BCUT2D eigenvalue weighted by Crippen LogP contribution is 2.29.